The van der Waals surface area contributed by atoms with E-state index >= 15 is 0 Å². The van der Waals surface area contributed by atoms with Crippen molar-refractivity contribution in [2.75, 3.05) is 5.32 Å². The number of rotatable bonds is 3. The summed E-state index contributed by atoms with van der Waals surface area (Å²) >= 11 is 0. The van der Waals surface area contributed by atoms with E-state index in [1.807, 2.05) is 24.3 Å². The maximum atomic E-state index is 4.61. The van der Waals surface area contributed by atoms with Gasteiger partial charge in [-0.25, -0.2) is 4.98 Å². The summed E-state index contributed by atoms with van der Waals surface area (Å²) in [5.41, 5.74) is 4.83. The predicted molar refractivity (Wildman–Crippen MR) is 89.6 cm³/mol. The quantitative estimate of drug-likeness (QED) is 0.753. The van der Waals surface area contributed by atoms with Crippen LogP contribution in [0.3, 0.4) is 0 Å². The number of aryl methyl sites for hydroxylation is 1. The van der Waals surface area contributed by atoms with Crippen LogP contribution >= 0.6 is 0 Å². The summed E-state index contributed by atoms with van der Waals surface area (Å²) in [6.45, 7) is 6.10. The average molecular weight is 306 g/mol. The molecule has 0 bridgehead atoms. The van der Waals surface area contributed by atoms with Gasteiger partial charge in [0, 0.05) is 6.04 Å². The lowest BCUT2D eigenvalue weighted by Gasteiger charge is -2.11. The Morgan fingerprint density at radius 1 is 1.26 bits per heavy atom. The standard InChI is InChI=1S/C17H18N6/c1-11-4-7-14(8-5-11)23-16-15(21-22-23)10-18-17(20-16)19-13-6-3-12(2)9-13/h4-5,7-8,10,13H,2-3,6,9H2,1H3,(H,18,19,20). The Kier molecular flexibility index (Phi) is 3.29. The maximum Gasteiger partial charge on any atom is 0.225 e. The maximum absolute atomic E-state index is 4.61. The van der Waals surface area contributed by atoms with Crippen molar-refractivity contribution < 1.29 is 0 Å². The van der Waals surface area contributed by atoms with Gasteiger partial charge in [0.1, 0.15) is 0 Å². The van der Waals surface area contributed by atoms with E-state index in [1.54, 1.807) is 10.9 Å². The highest BCUT2D eigenvalue weighted by Crippen LogP contribution is 2.25. The Morgan fingerprint density at radius 3 is 2.83 bits per heavy atom. The number of hydrogen-bond donors (Lipinski definition) is 1. The van der Waals surface area contributed by atoms with E-state index in [0.717, 1.165) is 24.9 Å². The van der Waals surface area contributed by atoms with E-state index in [2.05, 4.69) is 39.1 Å². The summed E-state index contributed by atoms with van der Waals surface area (Å²) in [7, 11) is 0. The van der Waals surface area contributed by atoms with Crippen LogP contribution in [0.5, 0.6) is 0 Å². The van der Waals surface area contributed by atoms with Gasteiger partial charge in [-0.15, -0.1) is 5.10 Å². The molecule has 6 heteroatoms. The molecule has 1 atom stereocenters. The highest BCUT2D eigenvalue weighted by atomic mass is 15.4. The zero-order valence-electron chi connectivity index (χ0n) is 13.0. The van der Waals surface area contributed by atoms with Gasteiger partial charge < -0.3 is 5.32 Å². The minimum atomic E-state index is 0.364. The Labute approximate surface area is 134 Å². The van der Waals surface area contributed by atoms with Crippen LogP contribution in [0, 0.1) is 6.92 Å². The third-order valence-electron chi connectivity index (χ3n) is 4.19. The van der Waals surface area contributed by atoms with Crippen molar-refractivity contribution in [3.63, 3.8) is 0 Å². The molecule has 0 spiro atoms. The molecule has 1 fully saturated rings. The lowest BCUT2D eigenvalue weighted by molar-refractivity contribution is 0.750. The highest BCUT2D eigenvalue weighted by molar-refractivity contribution is 5.72. The zero-order valence-corrected chi connectivity index (χ0v) is 13.0. The number of fused-ring (bicyclic) bond motifs is 1. The molecule has 1 N–H and O–H groups in total. The third kappa shape index (κ3) is 2.67. The van der Waals surface area contributed by atoms with E-state index in [9.17, 15) is 0 Å². The van der Waals surface area contributed by atoms with E-state index in [4.69, 9.17) is 0 Å². The van der Waals surface area contributed by atoms with Gasteiger partial charge in [0.05, 0.1) is 11.9 Å². The Balaban J connectivity index is 1.68. The van der Waals surface area contributed by atoms with Crippen LogP contribution in [0.25, 0.3) is 16.9 Å². The van der Waals surface area contributed by atoms with Crippen molar-refractivity contribution in [3.05, 3.63) is 48.2 Å². The third-order valence-corrected chi connectivity index (χ3v) is 4.19. The van der Waals surface area contributed by atoms with Crippen molar-refractivity contribution in [2.45, 2.75) is 32.2 Å². The van der Waals surface area contributed by atoms with E-state index < -0.39 is 0 Å². The Morgan fingerprint density at radius 2 is 2.09 bits per heavy atom. The fourth-order valence-electron chi connectivity index (χ4n) is 2.89. The molecule has 116 valence electrons. The minimum Gasteiger partial charge on any atom is -0.351 e. The molecular formula is C17H18N6. The SMILES string of the molecule is C=C1CCC(Nc2ncc3nnn(-c4ccc(C)cc4)c3n2)C1. The molecule has 1 aliphatic rings. The molecule has 1 saturated carbocycles. The molecule has 1 aromatic carbocycles. The normalized spacial score (nSPS) is 17.8. The van der Waals surface area contributed by atoms with Crippen LogP contribution in [0.15, 0.2) is 42.6 Å². The first-order valence-corrected chi connectivity index (χ1v) is 7.78. The first-order valence-electron chi connectivity index (χ1n) is 7.78. The van der Waals surface area contributed by atoms with E-state index in [1.165, 1.54) is 11.1 Å². The molecule has 6 nitrogen and oxygen atoms in total. The first-order chi connectivity index (χ1) is 11.2. The monoisotopic (exact) mass is 306 g/mol. The van der Waals surface area contributed by atoms with Crippen LogP contribution in [0.4, 0.5) is 5.95 Å². The van der Waals surface area contributed by atoms with Crippen LogP contribution in [0.1, 0.15) is 24.8 Å². The Hall–Kier alpha value is -2.76. The predicted octanol–water partition coefficient (Wildman–Crippen LogP) is 3.04. The van der Waals surface area contributed by atoms with Crippen LogP contribution in [0.2, 0.25) is 0 Å². The topological polar surface area (TPSA) is 68.5 Å². The molecule has 4 rings (SSSR count). The summed E-state index contributed by atoms with van der Waals surface area (Å²) in [5.74, 6) is 0.618. The fraction of sp³-hybridized carbons (Fsp3) is 0.294. The number of aromatic nitrogens is 5. The minimum absolute atomic E-state index is 0.364. The highest BCUT2D eigenvalue weighted by Gasteiger charge is 2.19. The molecule has 3 aromatic rings. The molecule has 1 aliphatic carbocycles. The lowest BCUT2D eigenvalue weighted by atomic mass is 10.2. The largest absolute Gasteiger partial charge is 0.351 e. The summed E-state index contributed by atoms with van der Waals surface area (Å²) in [5, 5.41) is 11.7. The summed E-state index contributed by atoms with van der Waals surface area (Å²) in [6, 6.07) is 8.49. The second kappa shape index (κ2) is 5.46. The number of benzene rings is 1. The van der Waals surface area contributed by atoms with Gasteiger partial charge in [-0.1, -0.05) is 35.1 Å². The molecule has 2 aromatic heterocycles. The Bertz CT molecular complexity index is 864. The molecule has 23 heavy (non-hydrogen) atoms. The second-order valence-corrected chi connectivity index (χ2v) is 6.07. The first kappa shape index (κ1) is 13.9. The van der Waals surface area contributed by atoms with Crippen LogP contribution in [-0.4, -0.2) is 31.0 Å². The molecule has 0 aliphatic heterocycles. The van der Waals surface area contributed by atoms with Gasteiger partial charge in [-0.05, 0) is 38.3 Å². The van der Waals surface area contributed by atoms with Gasteiger partial charge in [0.2, 0.25) is 5.95 Å². The molecule has 0 saturated heterocycles. The molecule has 2 heterocycles. The number of hydrogen-bond acceptors (Lipinski definition) is 5. The van der Waals surface area contributed by atoms with Gasteiger partial charge in [-0.2, -0.15) is 9.67 Å². The van der Waals surface area contributed by atoms with Crippen molar-refractivity contribution in [3.8, 4) is 5.69 Å². The number of anilines is 1. The summed E-state index contributed by atoms with van der Waals surface area (Å²) in [4.78, 5) is 8.96. The van der Waals surface area contributed by atoms with Crippen molar-refractivity contribution >= 4 is 17.1 Å². The van der Waals surface area contributed by atoms with Crippen molar-refractivity contribution in [1.29, 1.82) is 0 Å². The smallest absolute Gasteiger partial charge is 0.225 e. The van der Waals surface area contributed by atoms with Crippen LogP contribution < -0.4 is 5.32 Å². The number of nitrogens with one attached hydrogen (secondary N) is 1. The van der Waals surface area contributed by atoms with Crippen molar-refractivity contribution in [2.24, 2.45) is 0 Å². The van der Waals surface area contributed by atoms with Crippen LogP contribution in [-0.2, 0) is 0 Å². The molecule has 1 unspecified atom stereocenters. The second-order valence-electron chi connectivity index (χ2n) is 6.07. The zero-order chi connectivity index (χ0) is 15.8. The van der Waals surface area contributed by atoms with Gasteiger partial charge in [0.15, 0.2) is 11.2 Å². The van der Waals surface area contributed by atoms with Gasteiger partial charge in [-0.3, -0.25) is 0 Å². The van der Waals surface area contributed by atoms with E-state index in [0.29, 0.717) is 23.2 Å². The number of nitrogens with zero attached hydrogens (tertiary/aromatic N) is 5. The molecule has 0 amide bonds. The van der Waals surface area contributed by atoms with E-state index in [-0.39, 0.29) is 0 Å². The lowest BCUT2D eigenvalue weighted by Crippen LogP contribution is -2.16. The van der Waals surface area contributed by atoms with Gasteiger partial charge in [0.25, 0.3) is 0 Å². The average Bonchev–Trinajstić information content (AvgIpc) is 3.14. The molecular weight excluding hydrogens is 288 g/mol. The van der Waals surface area contributed by atoms with Crippen molar-refractivity contribution in [1.82, 2.24) is 25.0 Å². The fourth-order valence-corrected chi connectivity index (χ4v) is 2.89. The summed E-state index contributed by atoms with van der Waals surface area (Å²) < 4.78 is 1.75. The molecule has 0 radical (unpaired) electrons. The van der Waals surface area contributed by atoms with Gasteiger partial charge >= 0.3 is 0 Å². The summed E-state index contributed by atoms with van der Waals surface area (Å²) in [6.07, 6.45) is 4.85.